The maximum Gasteiger partial charge on any atom is 0.224 e. The van der Waals surface area contributed by atoms with E-state index in [1.54, 1.807) is 41.1 Å². The largest absolute Gasteiger partial charge is 0.369 e. The average Bonchev–Trinajstić information content (AvgIpc) is 3.36. The Balaban J connectivity index is 1.28. The van der Waals surface area contributed by atoms with Crippen LogP contribution in [-0.4, -0.2) is 34.6 Å². The van der Waals surface area contributed by atoms with E-state index in [0.29, 0.717) is 48.0 Å². The van der Waals surface area contributed by atoms with Crippen LogP contribution in [0.5, 0.6) is 0 Å². The molecular weight excluding hydrogens is 534 g/mol. The van der Waals surface area contributed by atoms with E-state index < -0.39 is 0 Å². The second kappa shape index (κ2) is 12.5. The maximum absolute atomic E-state index is 13.3. The summed E-state index contributed by atoms with van der Waals surface area (Å²) in [5.41, 5.74) is 3.34. The Morgan fingerprint density at radius 3 is 2.41 bits per heavy atom. The van der Waals surface area contributed by atoms with Crippen LogP contribution in [-0.2, 0) is 11.2 Å². The van der Waals surface area contributed by atoms with Crippen molar-refractivity contribution in [3.05, 3.63) is 124 Å². The molecule has 0 radical (unpaired) electrons. The smallest absolute Gasteiger partial charge is 0.224 e. The zero-order valence-electron chi connectivity index (χ0n) is 22.5. The fourth-order valence-electron chi connectivity index (χ4n) is 4.66. The number of nitrogens with zero attached hydrogens (tertiary/aromatic N) is 3. The molecule has 8 heteroatoms. The minimum atomic E-state index is -0.335. The second-order valence-corrected chi connectivity index (χ2v) is 10.1. The highest BCUT2D eigenvalue weighted by molar-refractivity contribution is 6.30. The Kier molecular flexibility index (Phi) is 8.42. The number of anilines is 1. The average molecular weight is 562 g/mol. The molecule has 0 fully saturated rings. The van der Waals surface area contributed by atoms with Gasteiger partial charge in [-0.1, -0.05) is 83.9 Å². The number of hydrogen-bond acceptors (Lipinski definition) is 5. The summed E-state index contributed by atoms with van der Waals surface area (Å²) in [7, 11) is 0. The SMILES string of the molecule is Cc1ccc(C(=O)c2nn(-c3ccc(Cl)cc3)c(NCCCNC(=O)Cc3cccc4ccccc34)c2C#N)cc1. The Hall–Kier alpha value is -4.93. The number of carbonyl (C=O) groups is 2. The van der Waals surface area contributed by atoms with Crippen molar-refractivity contribution in [3.63, 3.8) is 0 Å². The van der Waals surface area contributed by atoms with Crippen LogP contribution in [0.25, 0.3) is 16.5 Å². The first-order valence-corrected chi connectivity index (χ1v) is 13.7. The van der Waals surface area contributed by atoms with E-state index in [1.165, 1.54) is 0 Å². The molecular formula is C33H28ClN5O2. The lowest BCUT2D eigenvalue weighted by Crippen LogP contribution is -2.27. The van der Waals surface area contributed by atoms with Crippen LogP contribution >= 0.6 is 11.6 Å². The van der Waals surface area contributed by atoms with E-state index in [-0.39, 0.29) is 22.9 Å². The van der Waals surface area contributed by atoms with Gasteiger partial charge in [-0.05, 0) is 53.9 Å². The van der Waals surface area contributed by atoms with Gasteiger partial charge in [-0.25, -0.2) is 4.68 Å². The highest BCUT2D eigenvalue weighted by Crippen LogP contribution is 2.26. The van der Waals surface area contributed by atoms with Gasteiger partial charge in [-0.2, -0.15) is 10.4 Å². The molecule has 0 atom stereocenters. The summed E-state index contributed by atoms with van der Waals surface area (Å²) in [6.07, 6.45) is 0.889. The molecule has 0 unspecified atom stereocenters. The molecule has 4 aromatic carbocycles. The summed E-state index contributed by atoms with van der Waals surface area (Å²) in [5.74, 6) is 0.0154. The summed E-state index contributed by atoms with van der Waals surface area (Å²) in [5, 5.41) is 23.6. The van der Waals surface area contributed by atoms with Gasteiger partial charge in [0.25, 0.3) is 0 Å². The number of nitriles is 1. The molecule has 1 heterocycles. The van der Waals surface area contributed by atoms with Gasteiger partial charge in [0.15, 0.2) is 5.69 Å². The molecule has 5 aromatic rings. The van der Waals surface area contributed by atoms with E-state index >= 15 is 0 Å². The number of fused-ring (bicyclic) bond motifs is 1. The maximum atomic E-state index is 13.3. The van der Waals surface area contributed by atoms with Crippen molar-refractivity contribution in [2.24, 2.45) is 0 Å². The molecule has 7 nitrogen and oxygen atoms in total. The molecule has 0 spiro atoms. The van der Waals surface area contributed by atoms with Crippen molar-refractivity contribution in [2.45, 2.75) is 19.8 Å². The van der Waals surface area contributed by atoms with E-state index in [0.717, 1.165) is 21.9 Å². The van der Waals surface area contributed by atoms with Gasteiger partial charge in [0, 0.05) is 23.7 Å². The monoisotopic (exact) mass is 561 g/mol. The molecule has 0 saturated heterocycles. The molecule has 0 saturated carbocycles. The highest BCUT2D eigenvalue weighted by atomic mass is 35.5. The zero-order valence-corrected chi connectivity index (χ0v) is 23.3. The van der Waals surface area contributed by atoms with Gasteiger partial charge in [-0.15, -0.1) is 0 Å². The molecule has 1 amide bonds. The Labute approximate surface area is 243 Å². The minimum Gasteiger partial charge on any atom is -0.369 e. The normalized spacial score (nSPS) is 10.8. The summed E-state index contributed by atoms with van der Waals surface area (Å²) in [6.45, 7) is 2.84. The summed E-state index contributed by atoms with van der Waals surface area (Å²) in [6, 6.07) is 30.3. The first kappa shape index (κ1) is 27.6. The van der Waals surface area contributed by atoms with Gasteiger partial charge < -0.3 is 10.6 Å². The quantitative estimate of drug-likeness (QED) is 0.155. The Morgan fingerprint density at radius 2 is 1.66 bits per heavy atom. The van der Waals surface area contributed by atoms with E-state index in [4.69, 9.17) is 11.6 Å². The summed E-state index contributed by atoms with van der Waals surface area (Å²) >= 11 is 6.08. The summed E-state index contributed by atoms with van der Waals surface area (Å²) in [4.78, 5) is 26.0. The molecule has 2 N–H and O–H groups in total. The molecule has 204 valence electrons. The number of hydrogen-bond donors (Lipinski definition) is 2. The number of carbonyl (C=O) groups excluding carboxylic acids is 2. The first-order valence-electron chi connectivity index (χ1n) is 13.3. The molecule has 0 aliphatic rings. The molecule has 5 rings (SSSR count). The predicted molar refractivity (Wildman–Crippen MR) is 162 cm³/mol. The number of benzene rings is 4. The zero-order chi connectivity index (χ0) is 28.8. The Bertz CT molecular complexity index is 1750. The van der Waals surface area contributed by atoms with Crippen molar-refractivity contribution in [2.75, 3.05) is 18.4 Å². The van der Waals surface area contributed by atoms with Crippen molar-refractivity contribution in [1.82, 2.24) is 15.1 Å². The van der Waals surface area contributed by atoms with E-state index in [2.05, 4.69) is 21.8 Å². The van der Waals surface area contributed by atoms with Crippen molar-refractivity contribution < 1.29 is 9.59 Å². The van der Waals surface area contributed by atoms with Gasteiger partial charge in [0.2, 0.25) is 11.7 Å². The lowest BCUT2D eigenvalue weighted by atomic mass is 10.0. The number of aromatic nitrogens is 2. The van der Waals surface area contributed by atoms with Gasteiger partial charge in [0.05, 0.1) is 12.1 Å². The lowest BCUT2D eigenvalue weighted by molar-refractivity contribution is -0.120. The predicted octanol–water partition coefficient (Wildman–Crippen LogP) is 6.25. The molecule has 0 bridgehead atoms. The fourth-order valence-corrected chi connectivity index (χ4v) is 4.79. The van der Waals surface area contributed by atoms with Crippen molar-refractivity contribution >= 4 is 39.9 Å². The van der Waals surface area contributed by atoms with Crippen LogP contribution in [0.15, 0.2) is 91.0 Å². The van der Waals surface area contributed by atoms with Crippen LogP contribution in [0.1, 0.15) is 39.2 Å². The number of rotatable bonds is 10. The van der Waals surface area contributed by atoms with Gasteiger partial charge >= 0.3 is 0 Å². The molecule has 1 aromatic heterocycles. The van der Waals surface area contributed by atoms with Crippen LogP contribution in [0, 0.1) is 18.3 Å². The number of aryl methyl sites for hydroxylation is 1. The van der Waals surface area contributed by atoms with Gasteiger partial charge in [0.1, 0.15) is 17.5 Å². The van der Waals surface area contributed by atoms with E-state index in [1.807, 2.05) is 61.5 Å². The topological polar surface area (TPSA) is 99.8 Å². The number of nitrogens with one attached hydrogen (secondary N) is 2. The van der Waals surface area contributed by atoms with Crippen molar-refractivity contribution in [3.8, 4) is 11.8 Å². The Morgan fingerprint density at radius 1 is 0.927 bits per heavy atom. The first-order chi connectivity index (χ1) is 19.9. The van der Waals surface area contributed by atoms with E-state index in [9.17, 15) is 14.9 Å². The minimum absolute atomic E-state index is 0.0590. The molecule has 0 aliphatic heterocycles. The van der Waals surface area contributed by atoms with Crippen molar-refractivity contribution in [1.29, 1.82) is 5.26 Å². The number of ketones is 1. The number of halogens is 1. The van der Waals surface area contributed by atoms with Crippen LogP contribution in [0.2, 0.25) is 5.02 Å². The lowest BCUT2D eigenvalue weighted by Gasteiger charge is -2.11. The molecule has 0 aliphatic carbocycles. The summed E-state index contributed by atoms with van der Waals surface area (Å²) < 4.78 is 1.55. The second-order valence-electron chi connectivity index (χ2n) is 9.71. The standard InChI is InChI=1S/C33H28ClN5O2/c1-22-10-12-24(13-11-22)32(41)31-29(21-35)33(39(38-31)27-16-14-26(34)15-17-27)37-19-5-18-36-30(40)20-25-8-4-7-23-6-2-3-9-28(23)25/h2-4,6-17,37H,5,18-20H2,1H3,(H,36,40). The fraction of sp³-hybridized carbons (Fsp3) is 0.152. The highest BCUT2D eigenvalue weighted by Gasteiger charge is 2.25. The van der Waals surface area contributed by atoms with Crippen LogP contribution in [0.3, 0.4) is 0 Å². The third-order valence-corrected chi connectivity index (χ3v) is 7.05. The number of amides is 1. The molecule has 41 heavy (non-hydrogen) atoms. The third-order valence-electron chi connectivity index (χ3n) is 6.80. The third kappa shape index (κ3) is 6.29. The van der Waals surface area contributed by atoms with Crippen LogP contribution < -0.4 is 10.6 Å². The van der Waals surface area contributed by atoms with Crippen LogP contribution in [0.4, 0.5) is 5.82 Å². The van der Waals surface area contributed by atoms with Gasteiger partial charge in [-0.3, -0.25) is 9.59 Å².